The Hall–Kier alpha value is -3.14. The Bertz CT molecular complexity index is 1380. The summed E-state index contributed by atoms with van der Waals surface area (Å²) in [7, 11) is 0. The molecule has 2 aliphatic rings. The Kier molecular flexibility index (Phi) is 8.22. The molecule has 2 saturated heterocycles. The van der Waals surface area contributed by atoms with Gasteiger partial charge in [0.15, 0.2) is 0 Å². The predicted octanol–water partition coefficient (Wildman–Crippen LogP) is 5.25. The summed E-state index contributed by atoms with van der Waals surface area (Å²) in [6.07, 6.45) is 8.75. The second kappa shape index (κ2) is 12.2. The Morgan fingerprint density at radius 1 is 0.925 bits per heavy atom. The number of anilines is 1. The number of piperazine rings is 1. The molecule has 40 heavy (non-hydrogen) atoms. The average Bonchev–Trinajstić information content (AvgIpc) is 3.64. The minimum atomic E-state index is -1.07. The monoisotopic (exact) mass is 579 g/mol. The zero-order chi connectivity index (χ0) is 27.4. The Morgan fingerprint density at radius 2 is 1.73 bits per heavy atom. The van der Waals surface area contributed by atoms with Crippen LogP contribution in [0.5, 0.6) is 5.75 Å². The summed E-state index contributed by atoms with van der Waals surface area (Å²) in [6, 6.07) is 17.8. The molecule has 2 unspecified atom stereocenters. The summed E-state index contributed by atoms with van der Waals surface area (Å²) in [5.41, 5.74) is 3.23. The van der Waals surface area contributed by atoms with Crippen LogP contribution in [0.4, 0.5) is 5.69 Å². The van der Waals surface area contributed by atoms with Crippen molar-refractivity contribution in [2.75, 3.05) is 44.3 Å². The number of imidazole rings is 1. The van der Waals surface area contributed by atoms with Crippen LogP contribution in [0.15, 0.2) is 85.7 Å². The van der Waals surface area contributed by atoms with Gasteiger partial charge in [0.2, 0.25) is 5.79 Å². The number of hydrogen-bond acceptors (Lipinski definition) is 7. The maximum absolute atomic E-state index is 6.57. The summed E-state index contributed by atoms with van der Waals surface area (Å²) in [6.45, 7) is 6.12. The van der Waals surface area contributed by atoms with E-state index in [1.807, 2.05) is 41.4 Å². The molecular weight excluding hydrogens is 549 g/mol. The molecule has 2 aromatic carbocycles. The van der Waals surface area contributed by atoms with Gasteiger partial charge in [0, 0.05) is 73.8 Å². The van der Waals surface area contributed by atoms with Crippen LogP contribution in [-0.2, 0) is 28.4 Å². The minimum absolute atomic E-state index is 0.275. The van der Waals surface area contributed by atoms with Crippen molar-refractivity contribution in [3.8, 4) is 5.75 Å². The van der Waals surface area contributed by atoms with E-state index in [0.29, 0.717) is 29.8 Å². The molecule has 2 atom stereocenters. The number of hydrogen-bond donors (Lipinski definition) is 0. The molecule has 4 aromatic rings. The van der Waals surface area contributed by atoms with E-state index < -0.39 is 5.79 Å². The van der Waals surface area contributed by atoms with E-state index in [2.05, 4.69) is 44.0 Å². The number of pyridine rings is 1. The van der Waals surface area contributed by atoms with Gasteiger partial charge in [-0.15, -0.1) is 0 Å². The van der Waals surface area contributed by atoms with Crippen LogP contribution in [0.3, 0.4) is 0 Å². The van der Waals surface area contributed by atoms with Gasteiger partial charge in [-0.25, -0.2) is 4.98 Å². The largest absolute Gasteiger partial charge is 0.491 e. The normalized spacial score (nSPS) is 21.6. The van der Waals surface area contributed by atoms with E-state index in [1.165, 1.54) is 11.3 Å². The third-order valence-corrected chi connectivity index (χ3v) is 7.86. The molecular formula is C30H31Cl2N5O3. The fourth-order valence-electron chi connectivity index (χ4n) is 5.23. The van der Waals surface area contributed by atoms with Gasteiger partial charge in [0.05, 0.1) is 24.5 Å². The highest BCUT2D eigenvalue weighted by Crippen LogP contribution is 2.40. The van der Waals surface area contributed by atoms with Crippen LogP contribution in [-0.4, -0.2) is 64.9 Å². The lowest BCUT2D eigenvalue weighted by Gasteiger charge is -2.36. The summed E-state index contributed by atoms with van der Waals surface area (Å²) in [4.78, 5) is 13.2. The van der Waals surface area contributed by atoms with Crippen molar-refractivity contribution >= 4 is 28.9 Å². The molecule has 208 valence electrons. The molecule has 0 aliphatic carbocycles. The first kappa shape index (κ1) is 27.1. The quantitative estimate of drug-likeness (QED) is 0.268. The minimum Gasteiger partial charge on any atom is -0.491 e. The van der Waals surface area contributed by atoms with Crippen molar-refractivity contribution in [3.63, 3.8) is 0 Å². The third kappa shape index (κ3) is 6.27. The molecule has 0 saturated carbocycles. The summed E-state index contributed by atoms with van der Waals surface area (Å²) < 4.78 is 20.8. The zero-order valence-electron chi connectivity index (χ0n) is 22.0. The third-order valence-electron chi connectivity index (χ3n) is 7.32. The molecule has 0 bridgehead atoms. The lowest BCUT2D eigenvalue weighted by Crippen LogP contribution is -2.45. The molecule has 8 nitrogen and oxygen atoms in total. The fraction of sp³-hybridized carbons (Fsp3) is 0.333. The van der Waals surface area contributed by atoms with Crippen molar-refractivity contribution in [1.29, 1.82) is 0 Å². The Labute approximate surface area is 244 Å². The highest BCUT2D eigenvalue weighted by Gasteiger charge is 2.45. The summed E-state index contributed by atoms with van der Waals surface area (Å²) in [5.74, 6) is -0.278. The van der Waals surface area contributed by atoms with Gasteiger partial charge < -0.3 is 23.7 Å². The van der Waals surface area contributed by atoms with Crippen LogP contribution >= 0.6 is 23.2 Å². The van der Waals surface area contributed by atoms with Crippen molar-refractivity contribution in [1.82, 2.24) is 19.4 Å². The van der Waals surface area contributed by atoms with Gasteiger partial charge in [-0.2, -0.15) is 0 Å². The van der Waals surface area contributed by atoms with Gasteiger partial charge in [0.25, 0.3) is 0 Å². The maximum atomic E-state index is 6.57. The summed E-state index contributed by atoms with van der Waals surface area (Å²) in [5, 5.41) is 1.04. The van der Waals surface area contributed by atoms with Crippen LogP contribution in [0.1, 0.15) is 11.1 Å². The molecule has 2 fully saturated rings. The molecule has 10 heteroatoms. The van der Waals surface area contributed by atoms with Crippen molar-refractivity contribution in [3.05, 3.63) is 107 Å². The lowest BCUT2D eigenvalue weighted by molar-refractivity contribution is -0.189. The van der Waals surface area contributed by atoms with Crippen LogP contribution < -0.4 is 9.64 Å². The number of aromatic nitrogens is 3. The first-order valence-electron chi connectivity index (χ1n) is 13.4. The van der Waals surface area contributed by atoms with Gasteiger partial charge in [0.1, 0.15) is 18.5 Å². The topological polar surface area (TPSA) is 64.9 Å². The predicted molar refractivity (Wildman–Crippen MR) is 155 cm³/mol. The van der Waals surface area contributed by atoms with Gasteiger partial charge >= 0.3 is 0 Å². The molecule has 0 N–H and O–H groups in total. The van der Waals surface area contributed by atoms with E-state index in [1.54, 1.807) is 24.7 Å². The molecule has 2 aromatic heterocycles. The second-order valence-corrected chi connectivity index (χ2v) is 10.9. The van der Waals surface area contributed by atoms with Crippen molar-refractivity contribution in [2.24, 2.45) is 0 Å². The molecule has 0 amide bonds. The standard InChI is InChI=1S/C30H31Cl2N5O3/c31-24-1-6-28(29(32)17-24)30(21-36-12-11-34-22-36)39-20-27(40-30)19-38-26-4-2-25(3-5-26)37-15-13-35(14-16-37)18-23-7-9-33-10-8-23/h1-12,17,22,27H,13-16,18-21H2. The van der Waals surface area contributed by atoms with E-state index >= 15 is 0 Å². The van der Waals surface area contributed by atoms with Gasteiger partial charge in [-0.05, 0) is 54.1 Å². The zero-order valence-corrected chi connectivity index (χ0v) is 23.5. The highest BCUT2D eigenvalue weighted by molar-refractivity contribution is 6.35. The number of ether oxygens (including phenoxy) is 3. The Balaban J connectivity index is 1.04. The molecule has 0 spiro atoms. The lowest BCUT2D eigenvalue weighted by atomic mass is 10.1. The van der Waals surface area contributed by atoms with E-state index in [9.17, 15) is 0 Å². The van der Waals surface area contributed by atoms with Gasteiger partial charge in [-0.1, -0.05) is 29.3 Å². The average molecular weight is 581 g/mol. The van der Waals surface area contributed by atoms with Gasteiger partial charge in [-0.3, -0.25) is 9.88 Å². The maximum Gasteiger partial charge on any atom is 0.215 e. The highest BCUT2D eigenvalue weighted by atomic mass is 35.5. The van der Waals surface area contributed by atoms with Crippen LogP contribution in [0.2, 0.25) is 10.0 Å². The molecule has 0 radical (unpaired) electrons. The fourth-order valence-corrected chi connectivity index (χ4v) is 5.78. The van der Waals surface area contributed by atoms with Crippen LogP contribution in [0, 0.1) is 0 Å². The van der Waals surface area contributed by atoms with Crippen LogP contribution in [0.25, 0.3) is 0 Å². The smallest absolute Gasteiger partial charge is 0.215 e. The number of benzene rings is 2. The number of nitrogens with zero attached hydrogens (tertiary/aromatic N) is 5. The first-order chi connectivity index (χ1) is 19.6. The van der Waals surface area contributed by atoms with E-state index in [4.69, 9.17) is 37.4 Å². The Morgan fingerprint density at radius 3 is 2.45 bits per heavy atom. The second-order valence-electron chi connectivity index (χ2n) is 10.1. The van der Waals surface area contributed by atoms with E-state index in [0.717, 1.165) is 44.0 Å². The molecule has 6 rings (SSSR count). The SMILES string of the molecule is Clc1ccc(C2(Cn3ccnc3)OCC(COc3ccc(N4CCN(Cc5ccncc5)CC4)cc3)O2)c(Cl)c1. The number of halogens is 2. The van der Waals surface area contributed by atoms with E-state index in [-0.39, 0.29) is 6.10 Å². The van der Waals surface area contributed by atoms with Crippen molar-refractivity contribution < 1.29 is 14.2 Å². The molecule has 2 aliphatic heterocycles. The van der Waals surface area contributed by atoms with Crippen molar-refractivity contribution in [2.45, 2.75) is 25.0 Å². The first-order valence-corrected chi connectivity index (χ1v) is 14.1. The molecule has 4 heterocycles. The summed E-state index contributed by atoms with van der Waals surface area (Å²) >= 11 is 12.7. The number of rotatable bonds is 9.